The van der Waals surface area contributed by atoms with Crippen LogP contribution in [0.25, 0.3) is 10.8 Å². The van der Waals surface area contributed by atoms with Crippen molar-refractivity contribution in [1.29, 1.82) is 0 Å². The zero-order chi connectivity index (χ0) is 27.6. The summed E-state index contributed by atoms with van der Waals surface area (Å²) in [6, 6.07) is 15.4. The number of ether oxygens (including phenoxy) is 1. The summed E-state index contributed by atoms with van der Waals surface area (Å²) in [5.74, 6) is -0.904. The van der Waals surface area contributed by atoms with E-state index in [1.54, 1.807) is 42.5 Å². The number of azo groups is 1. The Labute approximate surface area is 256 Å². The molecule has 0 saturated carbocycles. The minimum absolute atomic E-state index is 0. The van der Waals surface area contributed by atoms with Crippen LogP contribution in [0, 0.1) is 6.92 Å². The van der Waals surface area contributed by atoms with Crippen molar-refractivity contribution < 1.29 is 57.2 Å². The number of nitrogens with one attached hydrogen (secondary N) is 1. The van der Waals surface area contributed by atoms with Crippen LogP contribution in [-0.4, -0.2) is 25.5 Å². The molecule has 4 rings (SSSR count). The summed E-state index contributed by atoms with van der Waals surface area (Å²) < 4.78 is 37.9. The molecular formula is C26H20Cl2N3NaO6S. The SMILES string of the molecule is CCOc1ccc(Cl)c(NC(=O)c2cc3ccccc3c(N=Nc3ccc(S(=O)(=O)O)c(C)c3Cl)c2[O-])c1.[Na+]. The summed E-state index contributed by atoms with van der Waals surface area (Å²) in [6.45, 7) is 3.63. The molecule has 2 N–H and O–H groups in total. The number of fused-ring (bicyclic) bond motifs is 1. The van der Waals surface area contributed by atoms with Crippen LogP contribution in [0.1, 0.15) is 22.8 Å². The molecule has 0 saturated heterocycles. The van der Waals surface area contributed by atoms with Crippen LogP contribution in [0.2, 0.25) is 10.0 Å². The minimum Gasteiger partial charge on any atom is -0.870 e. The van der Waals surface area contributed by atoms with E-state index in [2.05, 4.69) is 15.5 Å². The molecule has 0 fully saturated rings. The molecule has 1 amide bonds. The Morgan fingerprint density at radius 1 is 1.08 bits per heavy atom. The molecule has 4 aromatic rings. The van der Waals surface area contributed by atoms with Crippen molar-refractivity contribution in [2.45, 2.75) is 18.7 Å². The molecule has 0 unspecified atom stereocenters. The number of halogens is 2. The van der Waals surface area contributed by atoms with Gasteiger partial charge in [0.2, 0.25) is 0 Å². The van der Waals surface area contributed by atoms with Gasteiger partial charge in [-0.1, -0.05) is 53.2 Å². The van der Waals surface area contributed by atoms with E-state index in [1.165, 1.54) is 19.1 Å². The fraction of sp³-hybridized carbons (Fsp3) is 0.115. The second-order valence-electron chi connectivity index (χ2n) is 8.05. The number of hydrogen-bond acceptors (Lipinski definition) is 7. The average molecular weight is 596 g/mol. The first-order chi connectivity index (χ1) is 18.0. The van der Waals surface area contributed by atoms with Crippen molar-refractivity contribution in [3.05, 3.63) is 81.8 Å². The van der Waals surface area contributed by atoms with Gasteiger partial charge in [0, 0.05) is 17.0 Å². The second kappa shape index (κ2) is 12.6. The van der Waals surface area contributed by atoms with Gasteiger partial charge in [0.15, 0.2) is 0 Å². The van der Waals surface area contributed by atoms with E-state index in [4.69, 9.17) is 27.9 Å². The van der Waals surface area contributed by atoms with Crippen molar-refractivity contribution >= 4 is 67.1 Å². The molecule has 0 spiro atoms. The van der Waals surface area contributed by atoms with E-state index < -0.39 is 21.8 Å². The molecule has 0 atom stereocenters. The van der Waals surface area contributed by atoms with Crippen molar-refractivity contribution in [2.75, 3.05) is 11.9 Å². The van der Waals surface area contributed by atoms with Gasteiger partial charge in [0.1, 0.15) is 11.4 Å². The summed E-state index contributed by atoms with van der Waals surface area (Å²) in [7, 11) is -4.49. The van der Waals surface area contributed by atoms with Crippen LogP contribution in [0.4, 0.5) is 17.1 Å². The topological polar surface area (TPSA) is 140 Å². The second-order valence-corrected chi connectivity index (χ2v) is 10.2. The molecule has 0 bridgehead atoms. The van der Waals surface area contributed by atoms with Gasteiger partial charge in [-0.15, -0.1) is 5.11 Å². The number of amides is 1. The molecule has 9 nitrogen and oxygen atoms in total. The van der Waals surface area contributed by atoms with E-state index in [-0.39, 0.29) is 72.7 Å². The summed E-state index contributed by atoms with van der Waals surface area (Å²) in [4.78, 5) is 12.8. The molecule has 0 radical (unpaired) electrons. The molecule has 0 aromatic heterocycles. The first kappa shape index (κ1) is 30.8. The van der Waals surface area contributed by atoms with Gasteiger partial charge in [-0.25, -0.2) is 0 Å². The van der Waals surface area contributed by atoms with Crippen molar-refractivity contribution in [3.8, 4) is 11.5 Å². The van der Waals surface area contributed by atoms with Crippen LogP contribution in [0.5, 0.6) is 11.5 Å². The van der Waals surface area contributed by atoms with E-state index in [1.807, 2.05) is 6.92 Å². The third kappa shape index (κ3) is 6.72. The quantitative estimate of drug-likeness (QED) is 0.189. The fourth-order valence-electron chi connectivity index (χ4n) is 3.74. The zero-order valence-corrected chi connectivity index (χ0v) is 25.4. The number of hydrogen-bond donors (Lipinski definition) is 2. The number of nitrogens with zero attached hydrogens (tertiary/aromatic N) is 2. The maximum Gasteiger partial charge on any atom is 1.00 e. The summed E-state index contributed by atoms with van der Waals surface area (Å²) >= 11 is 12.5. The third-order valence-electron chi connectivity index (χ3n) is 5.57. The average Bonchev–Trinajstić information content (AvgIpc) is 2.86. The number of benzene rings is 4. The Hall–Kier alpha value is -2.70. The fourth-order valence-corrected chi connectivity index (χ4v) is 4.89. The molecule has 13 heteroatoms. The molecule has 196 valence electrons. The van der Waals surface area contributed by atoms with Crippen LogP contribution in [0.3, 0.4) is 0 Å². The minimum atomic E-state index is -4.49. The van der Waals surface area contributed by atoms with Crippen molar-refractivity contribution in [3.63, 3.8) is 0 Å². The van der Waals surface area contributed by atoms with E-state index in [0.29, 0.717) is 23.1 Å². The normalized spacial score (nSPS) is 11.4. The largest absolute Gasteiger partial charge is 1.00 e. The zero-order valence-electron chi connectivity index (χ0n) is 21.0. The number of carbonyl (C=O) groups is 1. The maximum absolute atomic E-state index is 13.4. The van der Waals surface area contributed by atoms with Crippen LogP contribution in [0.15, 0.2) is 75.8 Å². The Kier molecular flexibility index (Phi) is 10.0. The van der Waals surface area contributed by atoms with E-state index in [0.717, 1.165) is 6.07 Å². The van der Waals surface area contributed by atoms with Gasteiger partial charge in [-0.3, -0.25) is 9.35 Å². The van der Waals surface area contributed by atoms with Gasteiger partial charge in [0.25, 0.3) is 16.0 Å². The summed E-state index contributed by atoms with van der Waals surface area (Å²) in [6.07, 6.45) is 0. The Morgan fingerprint density at radius 2 is 1.79 bits per heavy atom. The van der Waals surface area contributed by atoms with E-state index in [9.17, 15) is 22.9 Å². The van der Waals surface area contributed by atoms with Gasteiger partial charge >= 0.3 is 29.6 Å². The van der Waals surface area contributed by atoms with Crippen LogP contribution in [-0.2, 0) is 10.1 Å². The van der Waals surface area contributed by atoms with Crippen molar-refractivity contribution in [2.24, 2.45) is 10.2 Å². The Balaban J connectivity index is 0.00000420. The standard InChI is InChI=1S/C26H21Cl2N3O6S.Na/c1-3-37-16-8-9-19(27)21(13-16)29-26(33)18-12-15-6-4-5-7-17(15)24(25(18)32)31-30-20-10-11-22(38(34,35)36)14(2)23(20)28;/h4-13,32H,3H2,1-2H3,(H,29,33)(H,34,35,36);/q;+1/p-1. The van der Waals surface area contributed by atoms with Crippen molar-refractivity contribution in [1.82, 2.24) is 0 Å². The molecular weight excluding hydrogens is 576 g/mol. The predicted molar refractivity (Wildman–Crippen MR) is 144 cm³/mol. The molecule has 4 aromatic carbocycles. The predicted octanol–water partition coefficient (Wildman–Crippen LogP) is 3.85. The molecule has 0 aliphatic carbocycles. The first-order valence-electron chi connectivity index (χ1n) is 11.2. The molecule has 0 aliphatic rings. The van der Waals surface area contributed by atoms with Crippen LogP contribution >= 0.6 is 23.2 Å². The van der Waals surface area contributed by atoms with Gasteiger partial charge in [-0.05, 0) is 55.1 Å². The first-order valence-corrected chi connectivity index (χ1v) is 13.4. The van der Waals surface area contributed by atoms with Gasteiger partial charge in [0.05, 0.1) is 32.9 Å². The smallest absolute Gasteiger partial charge is 0.870 e. The molecule has 0 heterocycles. The molecule has 0 aliphatic heterocycles. The Bertz CT molecular complexity index is 1710. The van der Waals surface area contributed by atoms with E-state index >= 15 is 0 Å². The number of anilines is 1. The maximum atomic E-state index is 13.4. The van der Waals surface area contributed by atoms with Crippen LogP contribution < -0.4 is 44.7 Å². The number of carbonyl (C=O) groups excluding carboxylic acids is 1. The Morgan fingerprint density at radius 3 is 2.49 bits per heavy atom. The van der Waals surface area contributed by atoms with Gasteiger partial charge in [-0.2, -0.15) is 13.5 Å². The molecule has 39 heavy (non-hydrogen) atoms. The third-order valence-corrected chi connectivity index (χ3v) is 7.37. The summed E-state index contributed by atoms with van der Waals surface area (Å²) in [5.41, 5.74) is 0.0839. The monoisotopic (exact) mass is 595 g/mol. The van der Waals surface area contributed by atoms with Gasteiger partial charge < -0.3 is 15.2 Å². The summed E-state index contributed by atoms with van der Waals surface area (Å²) in [5, 5.41) is 25.4. The number of rotatable bonds is 7.